The first kappa shape index (κ1) is 11.6. The highest BCUT2D eigenvalue weighted by Crippen LogP contribution is 2.28. The molecule has 0 aliphatic carbocycles. The third-order valence-electron chi connectivity index (χ3n) is 1.49. The number of rotatable bonds is 3. The second-order valence-electron chi connectivity index (χ2n) is 2.42. The average Bonchev–Trinajstić information content (AvgIpc) is 2.09. The van der Waals surface area contributed by atoms with Crippen molar-refractivity contribution in [3.8, 4) is 5.75 Å². The molecular formula is C8H4ClF3O3. The van der Waals surface area contributed by atoms with Crippen molar-refractivity contribution < 1.29 is 27.8 Å². The molecule has 0 saturated carbocycles. The molecule has 1 aromatic rings. The van der Waals surface area contributed by atoms with Gasteiger partial charge in [-0.1, -0.05) is 11.6 Å². The third kappa shape index (κ3) is 2.53. The van der Waals surface area contributed by atoms with Crippen molar-refractivity contribution >= 4 is 17.6 Å². The second-order valence-corrected chi connectivity index (χ2v) is 2.83. The molecule has 0 saturated heterocycles. The van der Waals surface area contributed by atoms with Crippen LogP contribution < -0.4 is 4.74 Å². The fourth-order valence-electron chi connectivity index (χ4n) is 0.916. The van der Waals surface area contributed by atoms with Crippen LogP contribution in [0.4, 0.5) is 13.2 Å². The summed E-state index contributed by atoms with van der Waals surface area (Å²) >= 11 is 5.37. The maximum Gasteiger partial charge on any atom is 0.387 e. The minimum absolute atomic E-state index is 0.387. The Balaban J connectivity index is 3.22. The zero-order valence-electron chi connectivity index (χ0n) is 7.01. The van der Waals surface area contributed by atoms with Crippen LogP contribution in [-0.2, 0) is 0 Å². The molecule has 0 unspecified atom stereocenters. The Labute approximate surface area is 87.0 Å². The van der Waals surface area contributed by atoms with E-state index in [1.165, 1.54) is 0 Å². The molecular weight excluding hydrogens is 237 g/mol. The molecule has 0 aliphatic rings. The fourth-order valence-corrected chi connectivity index (χ4v) is 1.14. The third-order valence-corrected chi connectivity index (χ3v) is 1.80. The summed E-state index contributed by atoms with van der Waals surface area (Å²) in [6.45, 7) is -3.23. The number of carbonyl (C=O) groups is 1. The van der Waals surface area contributed by atoms with Gasteiger partial charge in [-0.3, -0.25) is 0 Å². The SMILES string of the molecule is O=C(O)c1c(Cl)ccc(OC(F)F)c1F. The molecule has 0 atom stereocenters. The predicted molar refractivity (Wildman–Crippen MR) is 45.0 cm³/mol. The summed E-state index contributed by atoms with van der Waals surface area (Å²) in [5.41, 5.74) is -0.894. The maximum absolute atomic E-state index is 13.2. The van der Waals surface area contributed by atoms with Crippen LogP contribution in [0.2, 0.25) is 5.02 Å². The van der Waals surface area contributed by atoms with Crippen molar-refractivity contribution in [3.05, 3.63) is 28.5 Å². The van der Waals surface area contributed by atoms with Crippen LogP contribution in [0.1, 0.15) is 10.4 Å². The summed E-state index contributed by atoms with van der Waals surface area (Å²) in [5.74, 6) is -3.93. The van der Waals surface area contributed by atoms with Gasteiger partial charge in [0.05, 0.1) is 5.02 Å². The Bertz CT molecular complexity index is 395. The number of hydrogen-bond acceptors (Lipinski definition) is 2. The topological polar surface area (TPSA) is 46.5 Å². The normalized spacial score (nSPS) is 10.5. The molecule has 7 heteroatoms. The van der Waals surface area contributed by atoms with Crippen LogP contribution in [-0.4, -0.2) is 17.7 Å². The average molecular weight is 241 g/mol. The highest BCUT2D eigenvalue weighted by atomic mass is 35.5. The summed E-state index contributed by atoms with van der Waals surface area (Å²) in [6.07, 6.45) is 0. The number of hydrogen-bond donors (Lipinski definition) is 1. The van der Waals surface area contributed by atoms with E-state index in [2.05, 4.69) is 4.74 Å². The second kappa shape index (κ2) is 4.39. The lowest BCUT2D eigenvalue weighted by Gasteiger charge is -2.08. The van der Waals surface area contributed by atoms with Gasteiger partial charge >= 0.3 is 12.6 Å². The summed E-state index contributed by atoms with van der Waals surface area (Å²) in [7, 11) is 0. The van der Waals surface area contributed by atoms with Crippen molar-refractivity contribution in [2.75, 3.05) is 0 Å². The standard InChI is InChI=1S/C8H4ClF3O3/c9-3-1-2-4(15-8(11)12)6(10)5(3)7(13)14/h1-2,8H,(H,13,14). The van der Waals surface area contributed by atoms with Gasteiger partial charge in [-0.15, -0.1) is 0 Å². The lowest BCUT2D eigenvalue weighted by atomic mass is 10.2. The van der Waals surface area contributed by atoms with Crippen LogP contribution in [0.15, 0.2) is 12.1 Å². The molecule has 0 spiro atoms. The van der Waals surface area contributed by atoms with Gasteiger partial charge in [0, 0.05) is 0 Å². The van der Waals surface area contributed by atoms with Crippen LogP contribution >= 0.6 is 11.6 Å². The monoisotopic (exact) mass is 240 g/mol. The van der Waals surface area contributed by atoms with Gasteiger partial charge in [-0.05, 0) is 12.1 Å². The Hall–Kier alpha value is -1.43. The molecule has 0 aromatic heterocycles. The lowest BCUT2D eigenvalue weighted by Crippen LogP contribution is -2.08. The van der Waals surface area contributed by atoms with Crippen LogP contribution in [0.25, 0.3) is 0 Å². The summed E-state index contributed by atoms with van der Waals surface area (Å²) in [6, 6.07) is 1.79. The van der Waals surface area contributed by atoms with E-state index in [1.54, 1.807) is 0 Å². The Morgan fingerprint density at radius 3 is 2.53 bits per heavy atom. The van der Waals surface area contributed by atoms with Gasteiger partial charge in [0.1, 0.15) is 5.56 Å². The van der Waals surface area contributed by atoms with Gasteiger partial charge in [0.25, 0.3) is 0 Å². The Morgan fingerprint density at radius 2 is 2.07 bits per heavy atom. The summed E-state index contributed by atoms with van der Waals surface area (Å²) in [4.78, 5) is 10.5. The number of ether oxygens (including phenoxy) is 1. The van der Waals surface area contributed by atoms with Crippen molar-refractivity contribution in [3.63, 3.8) is 0 Å². The van der Waals surface area contributed by atoms with Crippen LogP contribution in [0.3, 0.4) is 0 Å². The number of aromatic carboxylic acids is 1. The molecule has 0 fully saturated rings. The van der Waals surface area contributed by atoms with E-state index in [-0.39, 0.29) is 5.02 Å². The molecule has 82 valence electrons. The van der Waals surface area contributed by atoms with Crippen molar-refractivity contribution in [1.29, 1.82) is 0 Å². The van der Waals surface area contributed by atoms with Gasteiger partial charge in [-0.2, -0.15) is 8.78 Å². The molecule has 1 rings (SSSR count). The molecule has 15 heavy (non-hydrogen) atoms. The first-order chi connectivity index (χ1) is 6.93. The Morgan fingerprint density at radius 1 is 1.47 bits per heavy atom. The minimum Gasteiger partial charge on any atom is -0.478 e. The maximum atomic E-state index is 13.2. The number of benzene rings is 1. The smallest absolute Gasteiger partial charge is 0.387 e. The van der Waals surface area contributed by atoms with Gasteiger partial charge in [0.2, 0.25) is 0 Å². The van der Waals surface area contributed by atoms with Gasteiger partial charge in [0.15, 0.2) is 11.6 Å². The van der Waals surface area contributed by atoms with Gasteiger partial charge < -0.3 is 9.84 Å². The van der Waals surface area contributed by atoms with E-state index in [0.29, 0.717) is 0 Å². The first-order valence-corrected chi connectivity index (χ1v) is 3.97. The highest BCUT2D eigenvalue weighted by Gasteiger charge is 2.21. The highest BCUT2D eigenvalue weighted by molar-refractivity contribution is 6.33. The molecule has 0 amide bonds. The number of carboxylic acid groups (broad SMARTS) is 1. The summed E-state index contributed by atoms with van der Waals surface area (Å²) in [5, 5.41) is 8.15. The van der Waals surface area contributed by atoms with E-state index in [0.717, 1.165) is 12.1 Å². The number of carboxylic acids is 1. The van der Waals surface area contributed by atoms with Crippen LogP contribution in [0.5, 0.6) is 5.75 Å². The zero-order chi connectivity index (χ0) is 11.6. The zero-order valence-corrected chi connectivity index (χ0v) is 7.76. The van der Waals surface area contributed by atoms with Crippen molar-refractivity contribution in [2.24, 2.45) is 0 Å². The molecule has 0 heterocycles. The summed E-state index contributed by atoms with van der Waals surface area (Å²) < 4.78 is 40.5. The molecule has 0 aliphatic heterocycles. The van der Waals surface area contributed by atoms with E-state index < -0.39 is 29.7 Å². The number of alkyl halides is 2. The predicted octanol–water partition coefficient (Wildman–Crippen LogP) is 2.78. The molecule has 1 aromatic carbocycles. The Kier molecular flexibility index (Phi) is 3.41. The lowest BCUT2D eigenvalue weighted by molar-refractivity contribution is -0.0523. The molecule has 3 nitrogen and oxygen atoms in total. The van der Waals surface area contributed by atoms with E-state index >= 15 is 0 Å². The van der Waals surface area contributed by atoms with Gasteiger partial charge in [-0.25, -0.2) is 9.18 Å². The quantitative estimate of drug-likeness (QED) is 0.884. The molecule has 0 bridgehead atoms. The fraction of sp³-hybridized carbons (Fsp3) is 0.125. The van der Waals surface area contributed by atoms with E-state index in [4.69, 9.17) is 16.7 Å². The first-order valence-electron chi connectivity index (χ1n) is 3.59. The van der Waals surface area contributed by atoms with Crippen LogP contribution in [0, 0.1) is 5.82 Å². The number of halogens is 4. The van der Waals surface area contributed by atoms with E-state index in [9.17, 15) is 18.0 Å². The largest absolute Gasteiger partial charge is 0.478 e. The minimum atomic E-state index is -3.23. The molecule has 1 N–H and O–H groups in total. The van der Waals surface area contributed by atoms with Crippen molar-refractivity contribution in [2.45, 2.75) is 6.61 Å². The van der Waals surface area contributed by atoms with E-state index in [1.807, 2.05) is 0 Å². The van der Waals surface area contributed by atoms with Crippen molar-refractivity contribution in [1.82, 2.24) is 0 Å². The molecule has 0 radical (unpaired) electrons.